The Morgan fingerprint density at radius 2 is 1.53 bits per heavy atom. The summed E-state index contributed by atoms with van der Waals surface area (Å²) in [5.74, 6) is -0.406. The molecule has 2 atom stereocenters. The van der Waals surface area contributed by atoms with Crippen molar-refractivity contribution in [3.63, 3.8) is 0 Å². The van der Waals surface area contributed by atoms with Crippen LogP contribution in [0.4, 0.5) is 26.3 Å². The summed E-state index contributed by atoms with van der Waals surface area (Å²) in [7, 11) is 3.01. The highest BCUT2D eigenvalue weighted by Gasteiger charge is 2.40. The number of carbonyl (C=O) groups is 1. The number of benzene rings is 2. The molecule has 38 heavy (non-hydrogen) atoms. The fourth-order valence-electron chi connectivity index (χ4n) is 5.54. The van der Waals surface area contributed by atoms with E-state index in [0.29, 0.717) is 43.4 Å². The molecule has 0 bridgehead atoms. The van der Waals surface area contributed by atoms with Crippen LogP contribution >= 0.6 is 0 Å². The lowest BCUT2D eigenvalue weighted by Gasteiger charge is -2.46. The molecule has 2 saturated heterocycles. The third-order valence-corrected chi connectivity index (χ3v) is 7.63. The van der Waals surface area contributed by atoms with Gasteiger partial charge in [0.2, 0.25) is 0 Å². The Labute approximate surface area is 217 Å². The van der Waals surface area contributed by atoms with E-state index in [2.05, 4.69) is 10.2 Å². The quantitative estimate of drug-likeness (QED) is 0.512. The zero-order valence-electron chi connectivity index (χ0n) is 21.2. The molecule has 0 spiro atoms. The van der Waals surface area contributed by atoms with Crippen LogP contribution in [0.2, 0.25) is 0 Å². The van der Waals surface area contributed by atoms with Crippen LogP contribution in [0.5, 0.6) is 5.75 Å². The number of alkyl halides is 6. The molecule has 0 aliphatic carbocycles. The Kier molecular flexibility index (Phi) is 8.27. The fourth-order valence-corrected chi connectivity index (χ4v) is 5.54. The first-order chi connectivity index (χ1) is 17.9. The number of methoxy groups -OCH3 is 1. The molecule has 0 aromatic heterocycles. The number of likely N-dealkylation sites (tertiary alicyclic amines) is 1. The van der Waals surface area contributed by atoms with Crippen LogP contribution in [0.25, 0.3) is 0 Å². The van der Waals surface area contributed by atoms with Crippen LogP contribution in [-0.2, 0) is 12.4 Å². The smallest absolute Gasteiger partial charge is 0.416 e. The molecular formula is C27H31F6N3O2. The summed E-state index contributed by atoms with van der Waals surface area (Å²) in [6.45, 7) is 3.12. The third kappa shape index (κ3) is 6.26. The maximum Gasteiger partial charge on any atom is 0.416 e. The van der Waals surface area contributed by atoms with Crippen LogP contribution in [0.1, 0.15) is 52.2 Å². The first-order valence-corrected chi connectivity index (χ1v) is 12.5. The predicted molar refractivity (Wildman–Crippen MR) is 130 cm³/mol. The average Bonchev–Trinajstić information content (AvgIpc) is 2.91. The lowest BCUT2D eigenvalue weighted by Crippen LogP contribution is -2.54. The van der Waals surface area contributed by atoms with Crippen LogP contribution in [0.3, 0.4) is 0 Å². The van der Waals surface area contributed by atoms with Crippen molar-refractivity contribution in [3.05, 3.63) is 64.7 Å². The predicted octanol–water partition coefficient (Wildman–Crippen LogP) is 5.41. The summed E-state index contributed by atoms with van der Waals surface area (Å²) in [4.78, 5) is 17.1. The highest BCUT2D eigenvalue weighted by Crippen LogP contribution is 2.38. The van der Waals surface area contributed by atoms with E-state index in [1.54, 1.807) is 19.2 Å². The van der Waals surface area contributed by atoms with Crippen molar-refractivity contribution >= 4 is 5.91 Å². The second kappa shape index (κ2) is 11.1. The molecule has 0 unspecified atom stereocenters. The summed E-state index contributed by atoms with van der Waals surface area (Å²) < 4.78 is 85.7. The van der Waals surface area contributed by atoms with Crippen LogP contribution in [-0.4, -0.2) is 68.1 Å². The third-order valence-electron chi connectivity index (χ3n) is 7.63. The van der Waals surface area contributed by atoms with Gasteiger partial charge in [-0.1, -0.05) is 12.1 Å². The maximum atomic E-state index is 13.4. The van der Waals surface area contributed by atoms with Gasteiger partial charge in [0.15, 0.2) is 0 Å². The largest absolute Gasteiger partial charge is 0.497 e. The van der Waals surface area contributed by atoms with Crippen molar-refractivity contribution in [1.29, 1.82) is 0 Å². The highest BCUT2D eigenvalue weighted by atomic mass is 19.4. The van der Waals surface area contributed by atoms with Crippen molar-refractivity contribution in [2.24, 2.45) is 0 Å². The first kappa shape index (κ1) is 28.2. The number of hydrogen-bond acceptors (Lipinski definition) is 4. The highest BCUT2D eigenvalue weighted by molar-refractivity contribution is 5.95. The number of piperidine rings is 2. The Morgan fingerprint density at radius 1 is 0.947 bits per heavy atom. The Morgan fingerprint density at radius 3 is 2.05 bits per heavy atom. The van der Waals surface area contributed by atoms with Crippen molar-refractivity contribution in [2.75, 3.05) is 40.3 Å². The molecule has 0 radical (unpaired) electrons. The summed E-state index contributed by atoms with van der Waals surface area (Å²) in [6.07, 6.45) is -7.55. The SMILES string of the molecule is COc1ccc([C@@H]2CN(C3CCNCC3)CC[C@H]2N(C)C(=O)c2cc(C(F)(F)F)cc(C(F)(F)F)c2)cc1. The number of likely N-dealkylation sites (N-methyl/N-ethyl adjacent to an activating group) is 1. The molecule has 2 aromatic rings. The van der Waals surface area contributed by atoms with Gasteiger partial charge in [-0.25, -0.2) is 0 Å². The molecule has 1 N–H and O–H groups in total. The van der Waals surface area contributed by atoms with Crippen LogP contribution in [0.15, 0.2) is 42.5 Å². The van der Waals surface area contributed by atoms with E-state index in [4.69, 9.17) is 4.74 Å². The van der Waals surface area contributed by atoms with Crippen molar-refractivity contribution in [1.82, 2.24) is 15.1 Å². The number of rotatable bonds is 5. The molecule has 2 fully saturated rings. The van der Waals surface area contributed by atoms with E-state index in [0.717, 1.165) is 31.5 Å². The minimum Gasteiger partial charge on any atom is -0.497 e. The van der Waals surface area contributed by atoms with Crippen LogP contribution in [0, 0.1) is 0 Å². The van der Waals surface area contributed by atoms with E-state index in [1.807, 2.05) is 12.1 Å². The Balaban J connectivity index is 1.66. The first-order valence-electron chi connectivity index (χ1n) is 12.5. The second-order valence-corrected chi connectivity index (χ2v) is 9.92. The second-order valence-electron chi connectivity index (χ2n) is 9.92. The number of carbonyl (C=O) groups excluding carboxylic acids is 1. The van der Waals surface area contributed by atoms with Crippen molar-refractivity contribution in [3.8, 4) is 5.75 Å². The van der Waals surface area contributed by atoms with Gasteiger partial charge in [0.25, 0.3) is 5.91 Å². The summed E-state index contributed by atoms with van der Waals surface area (Å²) in [5.41, 5.74) is -2.72. The molecule has 5 nitrogen and oxygen atoms in total. The molecular weight excluding hydrogens is 512 g/mol. The van der Waals surface area contributed by atoms with E-state index in [-0.39, 0.29) is 12.0 Å². The van der Waals surface area contributed by atoms with Gasteiger partial charge in [-0.15, -0.1) is 0 Å². The molecule has 1 amide bonds. The molecule has 11 heteroatoms. The Bertz CT molecular complexity index is 1080. The zero-order valence-corrected chi connectivity index (χ0v) is 21.2. The molecule has 2 aromatic carbocycles. The van der Waals surface area contributed by atoms with E-state index in [1.165, 1.54) is 11.9 Å². The molecule has 2 aliphatic rings. The van der Waals surface area contributed by atoms with Gasteiger partial charge in [0.05, 0.1) is 18.2 Å². The number of halogens is 6. The molecule has 208 valence electrons. The lowest BCUT2D eigenvalue weighted by atomic mass is 9.83. The minimum atomic E-state index is -5.03. The van der Waals surface area contributed by atoms with E-state index in [9.17, 15) is 31.1 Å². The zero-order chi connectivity index (χ0) is 27.7. The van der Waals surface area contributed by atoms with Gasteiger partial charge in [-0.3, -0.25) is 9.69 Å². The summed E-state index contributed by atoms with van der Waals surface area (Å²) in [6, 6.07) is 8.39. The van der Waals surface area contributed by atoms with Gasteiger partial charge in [0, 0.05) is 43.7 Å². The number of amides is 1. The van der Waals surface area contributed by atoms with Gasteiger partial charge < -0.3 is 15.0 Å². The van der Waals surface area contributed by atoms with Gasteiger partial charge in [-0.2, -0.15) is 26.3 Å². The average molecular weight is 544 g/mol. The normalized spacial score (nSPS) is 21.8. The number of nitrogens with zero attached hydrogens (tertiary/aromatic N) is 2. The number of ether oxygens (including phenoxy) is 1. The maximum absolute atomic E-state index is 13.4. The summed E-state index contributed by atoms with van der Waals surface area (Å²) >= 11 is 0. The minimum absolute atomic E-state index is 0.0362. The molecule has 2 aliphatic heterocycles. The topological polar surface area (TPSA) is 44.8 Å². The van der Waals surface area contributed by atoms with E-state index >= 15 is 0 Å². The monoisotopic (exact) mass is 543 g/mol. The Hall–Kier alpha value is -2.79. The molecule has 4 rings (SSSR count). The lowest BCUT2D eigenvalue weighted by molar-refractivity contribution is -0.143. The molecule has 0 saturated carbocycles. The standard InChI is InChI=1S/C27H31F6N3O2/c1-35(25(37)18-13-19(26(28,29)30)15-20(14-18)27(31,32)33)24-9-12-36(21-7-10-34-11-8-21)16-23(24)17-3-5-22(38-2)6-4-17/h3-6,13-15,21,23-24,34H,7-12,16H2,1-2H3/t23-,24+/m0/s1. The fraction of sp³-hybridized carbons (Fsp3) is 0.519. The molecule has 2 heterocycles. The number of nitrogens with one attached hydrogen (secondary N) is 1. The van der Waals surface area contributed by atoms with Crippen molar-refractivity contribution in [2.45, 2.75) is 49.6 Å². The van der Waals surface area contributed by atoms with Gasteiger partial charge >= 0.3 is 12.4 Å². The summed E-state index contributed by atoms with van der Waals surface area (Å²) in [5, 5.41) is 3.35. The van der Waals surface area contributed by atoms with Crippen LogP contribution < -0.4 is 10.1 Å². The van der Waals surface area contributed by atoms with Crippen molar-refractivity contribution < 1.29 is 35.9 Å². The van der Waals surface area contributed by atoms with Gasteiger partial charge in [0.1, 0.15) is 5.75 Å². The number of hydrogen-bond donors (Lipinski definition) is 1. The van der Waals surface area contributed by atoms with E-state index < -0.39 is 41.0 Å². The van der Waals surface area contributed by atoms with Gasteiger partial charge in [-0.05, 0) is 68.2 Å².